The summed E-state index contributed by atoms with van der Waals surface area (Å²) in [4.78, 5) is 9.25. The first-order chi connectivity index (χ1) is 7.78. The molecular weight excluding hydrogens is 337 g/mol. The molecule has 2 rings (SSSR count). The van der Waals surface area contributed by atoms with Crippen molar-refractivity contribution in [2.45, 2.75) is 13.5 Å². The Morgan fingerprint density at radius 2 is 1.72 bits per heavy atom. The van der Waals surface area contributed by atoms with Gasteiger partial charge in [-0.15, -0.1) is 24.8 Å². The normalized spacial score (nSPS) is 16.8. The number of pyridine rings is 1. The zero-order chi connectivity index (χ0) is 11.4. The molecule has 1 aliphatic heterocycles. The molecule has 0 N–H and O–H groups in total. The summed E-state index contributed by atoms with van der Waals surface area (Å²) >= 11 is 3.36. The van der Waals surface area contributed by atoms with Gasteiger partial charge in [-0.3, -0.25) is 4.90 Å². The summed E-state index contributed by atoms with van der Waals surface area (Å²) in [5.74, 6) is 0. The van der Waals surface area contributed by atoms with E-state index in [0.717, 1.165) is 11.1 Å². The van der Waals surface area contributed by atoms with Crippen molar-refractivity contribution in [3.05, 3.63) is 28.5 Å². The molecule has 104 valence electrons. The number of nitrogens with zero attached hydrogens (tertiary/aromatic N) is 3. The quantitative estimate of drug-likeness (QED) is 0.776. The van der Waals surface area contributed by atoms with Crippen LogP contribution in [-0.4, -0.2) is 47.5 Å². The molecule has 0 aliphatic carbocycles. The van der Waals surface area contributed by atoms with Crippen molar-refractivity contribution >= 4 is 40.7 Å². The molecule has 0 spiro atoms. The van der Waals surface area contributed by atoms with Crippen molar-refractivity contribution in [3.8, 4) is 0 Å². The molecule has 0 atom stereocenters. The van der Waals surface area contributed by atoms with Crippen molar-refractivity contribution in [1.82, 2.24) is 14.8 Å². The third-order valence-corrected chi connectivity index (χ3v) is 3.58. The van der Waals surface area contributed by atoms with E-state index in [-0.39, 0.29) is 24.8 Å². The molecule has 0 saturated carbocycles. The van der Waals surface area contributed by atoms with Crippen LogP contribution < -0.4 is 0 Å². The lowest BCUT2D eigenvalue weighted by atomic mass is 10.2. The molecule has 0 radical (unpaired) electrons. The molecule has 1 aliphatic rings. The van der Waals surface area contributed by atoms with E-state index >= 15 is 0 Å². The summed E-state index contributed by atoms with van der Waals surface area (Å²) in [6, 6.07) is 4.15. The molecule has 1 fully saturated rings. The maximum absolute atomic E-state index is 4.26. The molecule has 18 heavy (non-hydrogen) atoms. The van der Waals surface area contributed by atoms with Gasteiger partial charge in [0, 0.05) is 38.9 Å². The Labute approximate surface area is 130 Å². The average Bonchev–Trinajstić information content (AvgIpc) is 2.33. The van der Waals surface area contributed by atoms with Crippen molar-refractivity contribution in [2.75, 3.05) is 32.7 Å². The molecule has 0 unspecified atom stereocenters. The number of likely N-dealkylation sites (N-methyl/N-ethyl adjacent to an activating group) is 1. The van der Waals surface area contributed by atoms with Crippen molar-refractivity contribution in [3.63, 3.8) is 0 Å². The van der Waals surface area contributed by atoms with Gasteiger partial charge in [-0.05, 0) is 34.1 Å². The van der Waals surface area contributed by atoms with Gasteiger partial charge in [-0.2, -0.15) is 0 Å². The zero-order valence-electron chi connectivity index (χ0n) is 10.5. The molecular formula is C12H20BrCl2N3. The fraction of sp³-hybridized carbons (Fsp3) is 0.583. The Balaban J connectivity index is 0.00000144. The molecule has 1 saturated heterocycles. The molecule has 6 heteroatoms. The van der Waals surface area contributed by atoms with Gasteiger partial charge in [0.05, 0.1) is 0 Å². The summed E-state index contributed by atoms with van der Waals surface area (Å²) in [5, 5.41) is 0. The van der Waals surface area contributed by atoms with Crippen LogP contribution in [0.4, 0.5) is 0 Å². The van der Waals surface area contributed by atoms with Crippen LogP contribution in [0.25, 0.3) is 0 Å². The molecule has 2 heterocycles. The summed E-state index contributed by atoms with van der Waals surface area (Å²) in [7, 11) is 0. The first kappa shape index (κ1) is 18.1. The van der Waals surface area contributed by atoms with Crippen LogP contribution >= 0.6 is 40.7 Å². The van der Waals surface area contributed by atoms with Gasteiger partial charge < -0.3 is 4.90 Å². The Bertz CT molecular complexity index is 327. The maximum Gasteiger partial charge on any atom is 0.106 e. The molecule has 0 bridgehead atoms. The van der Waals surface area contributed by atoms with Crippen LogP contribution in [0.2, 0.25) is 0 Å². The fourth-order valence-electron chi connectivity index (χ4n) is 2.02. The molecule has 0 aromatic carbocycles. The highest BCUT2D eigenvalue weighted by Gasteiger charge is 2.15. The fourth-order valence-corrected chi connectivity index (χ4v) is 2.26. The lowest BCUT2D eigenvalue weighted by Gasteiger charge is -2.33. The van der Waals surface area contributed by atoms with E-state index in [9.17, 15) is 0 Å². The van der Waals surface area contributed by atoms with E-state index in [4.69, 9.17) is 0 Å². The summed E-state index contributed by atoms with van der Waals surface area (Å²) < 4.78 is 0.909. The SMILES string of the molecule is CCN1CCN(Cc2ccc(Br)nc2)CC1.Cl.Cl. The molecule has 1 aromatic rings. The second-order valence-corrected chi connectivity index (χ2v) is 5.01. The van der Waals surface area contributed by atoms with E-state index in [1.807, 2.05) is 12.3 Å². The lowest BCUT2D eigenvalue weighted by molar-refractivity contribution is 0.132. The van der Waals surface area contributed by atoms with Gasteiger partial charge in [-0.1, -0.05) is 13.0 Å². The van der Waals surface area contributed by atoms with Crippen LogP contribution in [0.1, 0.15) is 12.5 Å². The number of hydrogen-bond acceptors (Lipinski definition) is 3. The van der Waals surface area contributed by atoms with Gasteiger partial charge >= 0.3 is 0 Å². The van der Waals surface area contributed by atoms with E-state index < -0.39 is 0 Å². The number of rotatable bonds is 3. The highest BCUT2D eigenvalue weighted by atomic mass is 79.9. The van der Waals surface area contributed by atoms with Gasteiger partial charge in [0.1, 0.15) is 4.60 Å². The zero-order valence-corrected chi connectivity index (χ0v) is 13.7. The van der Waals surface area contributed by atoms with Gasteiger partial charge in [-0.25, -0.2) is 4.98 Å². The minimum atomic E-state index is 0. The van der Waals surface area contributed by atoms with Gasteiger partial charge in [0.25, 0.3) is 0 Å². The second-order valence-electron chi connectivity index (χ2n) is 4.20. The number of piperazine rings is 1. The minimum Gasteiger partial charge on any atom is -0.301 e. The summed E-state index contributed by atoms with van der Waals surface area (Å²) in [6.07, 6.45) is 1.95. The maximum atomic E-state index is 4.26. The van der Waals surface area contributed by atoms with E-state index in [1.165, 1.54) is 38.3 Å². The first-order valence-electron chi connectivity index (χ1n) is 5.83. The first-order valence-corrected chi connectivity index (χ1v) is 6.62. The topological polar surface area (TPSA) is 19.4 Å². The predicted molar refractivity (Wildman–Crippen MR) is 83.8 cm³/mol. The monoisotopic (exact) mass is 355 g/mol. The number of hydrogen-bond donors (Lipinski definition) is 0. The summed E-state index contributed by atoms with van der Waals surface area (Å²) in [5.41, 5.74) is 1.30. The minimum absolute atomic E-state index is 0. The molecule has 3 nitrogen and oxygen atoms in total. The van der Waals surface area contributed by atoms with Crippen LogP contribution in [0.5, 0.6) is 0 Å². The van der Waals surface area contributed by atoms with Crippen molar-refractivity contribution < 1.29 is 0 Å². The van der Waals surface area contributed by atoms with Crippen LogP contribution in [0.15, 0.2) is 22.9 Å². The predicted octanol–water partition coefficient (Wildman–Crippen LogP) is 2.83. The average molecular weight is 357 g/mol. The Kier molecular flexibility index (Phi) is 9.17. The smallest absolute Gasteiger partial charge is 0.106 e. The Hall–Kier alpha value is 0.130. The number of halogens is 3. The van der Waals surface area contributed by atoms with Gasteiger partial charge in [0.15, 0.2) is 0 Å². The van der Waals surface area contributed by atoms with Crippen LogP contribution in [0, 0.1) is 0 Å². The Morgan fingerprint density at radius 1 is 1.11 bits per heavy atom. The van der Waals surface area contributed by atoms with Gasteiger partial charge in [0.2, 0.25) is 0 Å². The Morgan fingerprint density at radius 3 is 2.22 bits per heavy atom. The van der Waals surface area contributed by atoms with E-state index in [2.05, 4.69) is 43.7 Å². The standard InChI is InChI=1S/C12H18BrN3.2ClH/c1-2-15-5-7-16(8-6-15)10-11-3-4-12(13)14-9-11;;/h3-4,9H,2,5-8,10H2,1H3;2*1H. The highest BCUT2D eigenvalue weighted by molar-refractivity contribution is 9.10. The molecule has 0 amide bonds. The van der Waals surface area contributed by atoms with Crippen LogP contribution in [-0.2, 0) is 6.54 Å². The molecule has 1 aromatic heterocycles. The summed E-state index contributed by atoms with van der Waals surface area (Å²) in [6.45, 7) is 9.16. The van der Waals surface area contributed by atoms with E-state index in [1.54, 1.807) is 0 Å². The highest BCUT2D eigenvalue weighted by Crippen LogP contribution is 2.10. The van der Waals surface area contributed by atoms with E-state index in [0.29, 0.717) is 0 Å². The van der Waals surface area contributed by atoms with Crippen molar-refractivity contribution in [2.24, 2.45) is 0 Å². The third-order valence-electron chi connectivity index (χ3n) is 3.11. The number of aromatic nitrogens is 1. The second kappa shape index (κ2) is 9.10. The van der Waals surface area contributed by atoms with Crippen molar-refractivity contribution in [1.29, 1.82) is 0 Å². The largest absolute Gasteiger partial charge is 0.301 e. The third kappa shape index (κ3) is 5.41. The lowest BCUT2D eigenvalue weighted by Crippen LogP contribution is -2.45. The van der Waals surface area contributed by atoms with Crippen LogP contribution in [0.3, 0.4) is 0 Å².